The van der Waals surface area contributed by atoms with E-state index >= 15 is 0 Å². The van der Waals surface area contributed by atoms with Gasteiger partial charge >= 0.3 is 0 Å². The molecule has 0 aliphatic heterocycles. The molecule has 0 aromatic heterocycles. The molecule has 0 fully saturated rings. The van der Waals surface area contributed by atoms with E-state index in [1.807, 2.05) is 25.1 Å². The normalized spacial score (nSPS) is 11.8. The van der Waals surface area contributed by atoms with Gasteiger partial charge in [-0.25, -0.2) is 0 Å². The van der Waals surface area contributed by atoms with Crippen molar-refractivity contribution in [3.05, 3.63) is 48.6 Å². The lowest BCUT2D eigenvalue weighted by Gasteiger charge is -2.12. The van der Waals surface area contributed by atoms with Gasteiger partial charge < -0.3 is 0 Å². The molecule has 0 N–H and O–H groups in total. The van der Waals surface area contributed by atoms with Crippen LogP contribution in [0.25, 0.3) is 0 Å². The van der Waals surface area contributed by atoms with Crippen molar-refractivity contribution >= 4 is 11.6 Å². The molecule has 2 nitrogen and oxygen atoms in total. The van der Waals surface area contributed by atoms with Crippen LogP contribution in [-0.2, 0) is 4.79 Å². The van der Waals surface area contributed by atoms with Crippen molar-refractivity contribution in [2.24, 2.45) is 5.92 Å². The molecule has 0 heterocycles. The zero-order valence-corrected chi connectivity index (χ0v) is 10.2. The average Bonchev–Trinajstić information content (AvgIpc) is 2.36. The van der Waals surface area contributed by atoms with Crippen molar-refractivity contribution in [2.45, 2.75) is 26.2 Å². The van der Waals surface area contributed by atoms with Crippen LogP contribution in [0.4, 0.5) is 0 Å². The molecular weight excluding hydrogens is 212 g/mol. The Hall–Kier alpha value is -1.70. The van der Waals surface area contributed by atoms with Crippen molar-refractivity contribution in [1.82, 2.24) is 0 Å². The highest BCUT2D eigenvalue weighted by Crippen LogP contribution is 2.16. The van der Waals surface area contributed by atoms with Crippen LogP contribution in [0.1, 0.15) is 36.5 Å². The quantitative estimate of drug-likeness (QED) is 0.408. The maximum Gasteiger partial charge on any atom is 0.173 e. The van der Waals surface area contributed by atoms with Gasteiger partial charge in [0, 0.05) is 12.0 Å². The lowest BCUT2D eigenvalue weighted by molar-refractivity contribution is -0.121. The SMILES string of the molecule is C=CCC(C(=O)CCC)C(=O)c1ccccc1. The first-order valence-corrected chi connectivity index (χ1v) is 5.93. The van der Waals surface area contributed by atoms with Gasteiger partial charge in [0.25, 0.3) is 0 Å². The maximum atomic E-state index is 12.2. The third-order valence-corrected chi connectivity index (χ3v) is 2.66. The number of carbonyl (C=O) groups is 2. The summed E-state index contributed by atoms with van der Waals surface area (Å²) in [6, 6.07) is 8.97. The molecular formula is C15H18O2. The Bertz CT molecular complexity index is 393. The minimum Gasteiger partial charge on any atom is -0.299 e. The first-order chi connectivity index (χ1) is 8.20. The first-order valence-electron chi connectivity index (χ1n) is 5.93. The number of allylic oxidation sites excluding steroid dienone is 1. The van der Waals surface area contributed by atoms with Crippen LogP contribution < -0.4 is 0 Å². The lowest BCUT2D eigenvalue weighted by Crippen LogP contribution is -2.23. The molecule has 1 unspecified atom stereocenters. The van der Waals surface area contributed by atoms with Crippen molar-refractivity contribution in [3.63, 3.8) is 0 Å². The van der Waals surface area contributed by atoms with Gasteiger partial charge in [0.15, 0.2) is 5.78 Å². The predicted molar refractivity (Wildman–Crippen MR) is 69.0 cm³/mol. The molecule has 1 rings (SSSR count). The van der Waals surface area contributed by atoms with Gasteiger partial charge in [-0.3, -0.25) is 9.59 Å². The maximum absolute atomic E-state index is 12.2. The van der Waals surface area contributed by atoms with Crippen molar-refractivity contribution < 1.29 is 9.59 Å². The van der Waals surface area contributed by atoms with Crippen molar-refractivity contribution in [1.29, 1.82) is 0 Å². The van der Waals surface area contributed by atoms with Gasteiger partial charge in [-0.2, -0.15) is 0 Å². The van der Waals surface area contributed by atoms with Gasteiger partial charge in [0.1, 0.15) is 5.78 Å². The minimum atomic E-state index is -0.560. The van der Waals surface area contributed by atoms with Gasteiger partial charge in [-0.1, -0.05) is 43.3 Å². The van der Waals surface area contributed by atoms with E-state index in [4.69, 9.17) is 0 Å². The largest absolute Gasteiger partial charge is 0.299 e. The summed E-state index contributed by atoms with van der Waals surface area (Å²) in [5.41, 5.74) is 0.601. The predicted octanol–water partition coefficient (Wildman–Crippen LogP) is 3.43. The molecule has 0 radical (unpaired) electrons. The zero-order valence-electron chi connectivity index (χ0n) is 10.2. The second-order valence-electron chi connectivity index (χ2n) is 4.02. The van der Waals surface area contributed by atoms with E-state index in [1.165, 1.54) is 0 Å². The van der Waals surface area contributed by atoms with E-state index in [9.17, 15) is 9.59 Å². The zero-order chi connectivity index (χ0) is 12.7. The molecule has 0 bridgehead atoms. The van der Waals surface area contributed by atoms with Crippen LogP contribution in [0.15, 0.2) is 43.0 Å². The highest BCUT2D eigenvalue weighted by molar-refractivity contribution is 6.10. The molecule has 90 valence electrons. The Balaban J connectivity index is 2.87. The number of ketones is 2. The molecule has 1 aromatic rings. The number of hydrogen-bond acceptors (Lipinski definition) is 2. The van der Waals surface area contributed by atoms with Crippen LogP contribution in [0, 0.1) is 5.92 Å². The molecule has 1 aromatic carbocycles. The van der Waals surface area contributed by atoms with Crippen molar-refractivity contribution in [2.75, 3.05) is 0 Å². The highest BCUT2D eigenvalue weighted by atomic mass is 16.1. The standard InChI is InChI=1S/C15H18O2/c1-3-8-13(14(16)9-4-2)15(17)12-10-6-5-7-11-12/h3,5-7,10-11,13H,1,4,8-9H2,2H3. The number of hydrogen-bond donors (Lipinski definition) is 0. The van der Waals surface area contributed by atoms with Crippen molar-refractivity contribution in [3.8, 4) is 0 Å². The molecule has 1 atom stereocenters. The van der Waals surface area contributed by atoms with E-state index in [2.05, 4.69) is 6.58 Å². The summed E-state index contributed by atoms with van der Waals surface area (Å²) in [7, 11) is 0. The van der Waals surface area contributed by atoms with Gasteiger partial charge in [-0.05, 0) is 12.8 Å². The van der Waals surface area contributed by atoms with Crippen LogP contribution >= 0.6 is 0 Å². The van der Waals surface area contributed by atoms with Gasteiger partial charge in [0.2, 0.25) is 0 Å². The van der Waals surface area contributed by atoms with Crippen LogP contribution in [-0.4, -0.2) is 11.6 Å². The summed E-state index contributed by atoms with van der Waals surface area (Å²) >= 11 is 0. The molecule has 0 saturated heterocycles. The summed E-state index contributed by atoms with van der Waals surface area (Å²) in [6.07, 6.45) is 3.29. The van der Waals surface area contributed by atoms with E-state index in [1.54, 1.807) is 18.2 Å². The topological polar surface area (TPSA) is 34.1 Å². The van der Waals surface area contributed by atoms with E-state index < -0.39 is 5.92 Å². The van der Waals surface area contributed by atoms with E-state index in [0.29, 0.717) is 18.4 Å². The van der Waals surface area contributed by atoms with Crippen LogP contribution in [0.2, 0.25) is 0 Å². The summed E-state index contributed by atoms with van der Waals surface area (Å²) in [5, 5.41) is 0. The second kappa shape index (κ2) is 6.79. The molecule has 0 amide bonds. The van der Waals surface area contributed by atoms with E-state index in [0.717, 1.165) is 6.42 Å². The molecule has 0 aliphatic rings. The number of carbonyl (C=O) groups excluding carboxylic acids is 2. The molecule has 0 aliphatic carbocycles. The van der Waals surface area contributed by atoms with Gasteiger partial charge in [0.05, 0.1) is 5.92 Å². The molecule has 2 heteroatoms. The third kappa shape index (κ3) is 3.66. The monoisotopic (exact) mass is 230 g/mol. The Morgan fingerprint density at radius 1 is 1.29 bits per heavy atom. The Morgan fingerprint density at radius 2 is 1.94 bits per heavy atom. The lowest BCUT2D eigenvalue weighted by atomic mass is 9.89. The highest BCUT2D eigenvalue weighted by Gasteiger charge is 2.25. The Kier molecular flexibility index (Phi) is 5.34. The molecule has 17 heavy (non-hydrogen) atoms. The summed E-state index contributed by atoms with van der Waals surface area (Å²) in [4.78, 5) is 24.1. The molecule has 0 spiro atoms. The number of rotatable bonds is 7. The number of Topliss-reactive ketones (excluding diaryl/α,β-unsaturated/α-hetero) is 2. The summed E-state index contributed by atoms with van der Waals surface area (Å²) < 4.78 is 0. The molecule has 0 saturated carbocycles. The Morgan fingerprint density at radius 3 is 2.47 bits per heavy atom. The number of benzene rings is 1. The first kappa shape index (κ1) is 13.4. The smallest absolute Gasteiger partial charge is 0.173 e. The van der Waals surface area contributed by atoms with Crippen LogP contribution in [0.3, 0.4) is 0 Å². The third-order valence-electron chi connectivity index (χ3n) is 2.66. The summed E-state index contributed by atoms with van der Waals surface area (Å²) in [6.45, 7) is 5.55. The fourth-order valence-corrected chi connectivity index (χ4v) is 1.78. The van der Waals surface area contributed by atoms with Gasteiger partial charge in [-0.15, -0.1) is 6.58 Å². The average molecular weight is 230 g/mol. The van der Waals surface area contributed by atoms with Crippen LogP contribution in [0.5, 0.6) is 0 Å². The fraction of sp³-hybridized carbons (Fsp3) is 0.333. The Labute approximate surface area is 102 Å². The second-order valence-corrected chi connectivity index (χ2v) is 4.02. The summed E-state index contributed by atoms with van der Waals surface area (Å²) in [5.74, 6) is -0.639. The van der Waals surface area contributed by atoms with E-state index in [-0.39, 0.29) is 11.6 Å². The fourth-order valence-electron chi connectivity index (χ4n) is 1.78. The minimum absolute atomic E-state index is 0.0150.